The average molecular weight is 345 g/mol. The summed E-state index contributed by atoms with van der Waals surface area (Å²) in [5.74, 6) is 1.41. The molecule has 6 heteroatoms. The van der Waals surface area contributed by atoms with Crippen molar-refractivity contribution in [2.24, 2.45) is 16.3 Å². The van der Waals surface area contributed by atoms with E-state index in [4.69, 9.17) is 0 Å². The number of nitrogens with one attached hydrogen (secondary N) is 3. The molecule has 0 aromatic carbocycles. The maximum Gasteiger partial charge on any atom is 0.252 e. The first-order valence-electron chi connectivity index (χ1n) is 9.17. The second-order valence-corrected chi connectivity index (χ2v) is 7.30. The largest absolute Gasteiger partial charge is 0.356 e. The second-order valence-electron chi connectivity index (χ2n) is 7.30. The van der Waals surface area contributed by atoms with Crippen LogP contribution >= 0.6 is 0 Å². The van der Waals surface area contributed by atoms with Crippen LogP contribution in [0.25, 0.3) is 0 Å². The number of amides is 1. The van der Waals surface area contributed by atoms with E-state index in [2.05, 4.69) is 39.8 Å². The highest BCUT2D eigenvalue weighted by molar-refractivity contribution is 5.93. The number of carbonyl (C=O) groups excluding carboxylic acids is 1. The molecule has 0 atom stereocenters. The van der Waals surface area contributed by atoms with Crippen molar-refractivity contribution in [1.29, 1.82) is 0 Å². The number of pyridine rings is 1. The number of guanidine groups is 1. The SMILES string of the molecule is CN=C(NCCNC(=O)c1cccnc1)NCC1(CC(C)C)CCC1. The van der Waals surface area contributed by atoms with Crippen LogP contribution in [0.15, 0.2) is 29.5 Å². The predicted molar refractivity (Wildman–Crippen MR) is 102 cm³/mol. The van der Waals surface area contributed by atoms with Gasteiger partial charge in [-0.05, 0) is 42.7 Å². The molecule has 2 rings (SSSR count). The van der Waals surface area contributed by atoms with Crippen molar-refractivity contribution in [1.82, 2.24) is 20.9 Å². The van der Waals surface area contributed by atoms with Crippen LogP contribution in [-0.2, 0) is 0 Å². The van der Waals surface area contributed by atoms with Gasteiger partial charge >= 0.3 is 0 Å². The van der Waals surface area contributed by atoms with Crippen molar-refractivity contribution in [3.8, 4) is 0 Å². The normalized spacial score (nSPS) is 16.2. The molecule has 1 fully saturated rings. The Kier molecular flexibility index (Phi) is 7.22. The summed E-state index contributed by atoms with van der Waals surface area (Å²) in [4.78, 5) is 20.2. The molecule has 0 unspecified atom stereocenters. The van der Waals surface area contributed by atoms with Gasteiger partial charge in [0.2, 0.25) is 0 Å². The standard InChI is InChI=1S/C19H31N5O/c1-15(2)12-19(7-5-8-19)14-24-18(20-3)23-11-10-22-17(25)16-6-4-9-21-13-16/h4,6,9,13,15H,5,7-8,10-12,14H2,1-3H3,(H,22,25)(H2,20,23,24). The number of hydrogen-bond donors (Lipinski definition) is 3. The van der Waals surface area contributed by atoms with E-state index in [0.29, 0.717) is 24.1 Å². The zero-order valence-electron chi connectivity index (χ0n) is 15.6. The molecule has 1 amide bonds. The van der Waals surface area contributed by atoms with Crippen molar-refractivity contribution < 1.29 is 4.79 Å². The first-order valence-corrected chi connectivity index (χ1v) is 9.17. The monoisotopic (exact) mass is 345 g/mol. The molecule has 0 saturated heterocycles. The van der Waals surface area contributed by atoms with Crippen LogP contribution in [0.2, 0.25) is 0 Å². The van der Waals surface area contributed by atoms with Gasteiger partial charge in [0.1, 0.15) is 0 Å². The number of aliphatic imine (C=N–C) groups is 1. The van der Waals surface area contributed by atoms with Crippen LogP contribution in [0.1, 0.15) is 49.9 Å². The molecule has 1 saturated carbocycles. The first-order chi connectivity index (χ1) is 12.0. The third-order valence-electron chi connectivity index (χ3n) is 4.74. The van der Waals surface area contributed by atoms with E-state index in [0.717, 1.165) is 18.4 Å². The van der Waals surface area contributed by atoms with Gasteiger partial charge < -0.3 is 16.0 Å². The van der Waals surface area contributed by atoms with Crippen LogP contribution in [0.4, 0.5) is 0 Å². The number of rotatable bonds is 8. The third-order valence-corrected chi connectivity index (χ3v) is 4.74. The highest BCUT2D eigenvalue weighted by Gasteiger charge is 2.37. The number of aromatic nitrogens is 1. The fourth-order valence-electron chi connectivity index (χ4n) is 3.44. The lowest BCUT2D eigenvalue weighted by molar-refractivity contribution is 0.0954. The maximum atomic E-state index is 11.9. The van der Waals surface area contributed by atoms with E-state index in [9.17, 15) is 4.79 Å². The van der Waals surface area contributed by atoms with Gasteiger partial charge in [-0.25, -0.2) is 0 Å². The highest BCUT2D eigenvalue weighted by atomic mass is 16.1. The van der Waals surface area contributed by atoms with Crippen LogP contribution in [-0.4, -0.2) is 43.5 Å². The van der Waals surface area contributed by atoms with Gasteiger partial charge in [-0.15, -0.1) is 0 Å². The molecule has 1 aromatic heterocycles. The summed E-state index contributed by atoms with van der Waals surface area (Å²) in [5, 5.41) is 9.59. The first kappa shape index (κ1) is 19.2. The molecule has 6 nitrogen and oxygen atoms in total. The summed E-state index contributed by atoms with van der Waals surface area (Å²) in [6, 6.07) is 3.51. The molecule has 3 N–H and O–H groups in total. The van der Waals surface area contributed by atoms with E-state index < -0.39 is 0 Å². The van der Waals surface area contributed by atoms with Gasteiger partial charge in [0.25, 0.3) is 5.91 Å². The molecule has 0 bridgehead atoms. The Morgan fingerprint density at radius 1 is 1.28 bits per heavy atom. The lowest BCUT2D eigenvalue weighted by atomic mass is 9.64. The van der Waals surface area contributed by atoms with Crippen molar-refractivity contribution in [2.45, 2.75) is 39.5 Å². The summed E-state index contributed by atoms with van der Waals surface area (Å²) < 4.78 is 0. The maximum absolute atomic E-state index is 11.9. The van der Waals surface area contributed by atoms with E-state index in [1.165, 1.54) is 25.7 Å². The molecule has 25 heavy (non-hydrogen) atoms. The smallest absolute Gasteiger partial charge is 0.252 e. The summed E-state index contributed by atoms with van der Waals surface area (Å²) in [6.45, 7) is 6.71. The Bertz CT molecular complexity index is 566. The summed E-state index contributed by atoms with van der Waals surface area (Å²) in [7, 11) is 1.78. The molecular weight excluding hydrogens is 314 g/mol. The minimum Gasteiger partial charge on any atom is -0.356 e. The number of carbonyl (C=O) groups is 1. The Balaban J connectivity index is 1.67. The van der Waals surface area contributed by atoms with Gasteiger partial charge in [0.15, 0.2) is 5.96 Å². The molecule has 138 valence electrons. The molecule has 0 aliphatic heterocycles. The Morgan fingerprint density at radius 3 is 2.60 bits per heavy atom. The molecular formula is C19H31N5O. The van der Waals surface area contributed by atoms with Crippen molar-refractivity contribution >= 4 is 11.9 Å². The van der Waals surface area contributed by atoms with Crippen molar-refractivity contribution in [2.75, 3.05) is 26.7 Å². The van der Waals surface area contributed by atoms with E-state index >= 15 is 0 Å². The Hall–Kier alpha value is -2.11. The zero-order valence-corrected chi connectivity index (χ0v) is 15.6. The van der Waals surface area contributed by atoms with Crippen LogP contribution in [0, 0.1) is 11.3 Å². The minimum atomic E-state index is -0.108. The van der Waals surface area contributed by atoms with Gasteiger partial charge in [0, 0.05) is 39.1 Å². The zero-order chi connectivity index (χ0) is 18.1. The summed E-state index contributed by atoms with van der Waals surface area (Å²) >= 11 is 0. The van der Waals surface area contributed by atoms with Crippen molar-refractivity contribution in [3.63, 3.8) is 0 Å². The molecule has 1 aliphatic carbocycles. The van der Waals surface area contributed by atoms with E-state index in [1.54, 1.807) is 31.6 Å². The highest BCUT2D eigenvalue weighted by Crippen LogP contribution is 2.45. The molecule has 1 aromatic rings. The Morgan fingerprint density at radius 2 is 2.04 bits per heavy atom. The lowest BCUT2D eigenvalue weighted by Gasteiger charge is -2.43. The predicted octanol–water partition coefficient (Wildman–Crippen LogP) is 2.19. The van der Waals surface area contributed by atoms with Crippen LogP contribution in [0.3, 0.4) is 0 Å². The Labute approximate surface area is 150 Å². The molecule has 0 spiro atoms. The third kappa shape index (κ3) is 6.03. The van der Waals surface area contributed by atoms with Gasteiger partial charge in [-0.1, -0.05) is 20.3 Å². The molecule has 1 heterocycles. The molecule has 1 aliphatic rings. The van der Waals surface area contributed by atoms with Crippen molar-refractivity contribution in [3.05, 3.63) is 30.1 Å². The summed E-state index contributed by atoms with van der Waals surface area (Å²) in [6.07, 6.45) is 8.42. The topological polar surface area (TPSA) is 78.4 Å². The van der Waals surface area contributed by atoms with Gasteiger partial charge in [-0.2, -0.15) is 0 Å². The van der Waals surface area contributed by atoms with Gasteiger partial charge in [-0.3, -0.25) is 14.8 Å². The number of hydrogen-bond acceptors (Lipinski definition) is 3. The fraction of sp³-hybridized carbons (Fsp3) is 0.632. The fourth-order valence-corrected chi connectivity index (χ4v) is 3.44. The lowest BCUT2D eigenvalue weighted by Crippen LogP contribution is -2.48. The summed E-state index contributed by atoms with van der Waals surface area (Å²) in [5.41, 5.74) is 1.01. The van der Waals surface area contributed by atoms with Crippen LogP contribution in [0.5, 0.6) is 0 Å². The van der Waals surface area contributed by atoms with Gasteiger partial charge in [0.05, 0.1) is 5.56 Å². The average Bonchev–Trinajstić information content (AvgIpc) is 2.58. The van der Waals surface area contributed by atoms with E-state index in [1.807, 2.05) is 0 Å². The molecule has 0 radical (unpaired) electrons. The second kappa shape index (κ2) is 9.39. The minimum absolute atomic E-state index is 0.108. The quantitative estimate of drug-likeness (QED) is 0.383. The van der Waals surface area contributed by atoms with E-state index in [-0.39, 0.29) is 5.91 Å². The van der Waals surface area contributed by atoms with Crippen LogP contribution < -0.4 is 16.0 Å². The number of nitrogens with zero attached hydrogens (tertiary/aromatic N) is 2.